The second-order valence-electron chi connectivity index (χ2n) is 5.76. The zero-order chi connectivity index (χ0) is 18.6. The third-order valence-electron chi connectivity index (χ3n) is 3.73. The Morgan fingerprint density at radius 3 is 2.28 bits per heavy atom. The van der Waals surface area contributed by atoms with Gasteiger partial charge >= 0.3 is 5.97 Å². The SMILES string of the molecule is COC(=O)CN(c1ccccc1C(C)C)S(=O)(=O)c1ccc(Cl)cc1. The third kappa shape index (κ3) is 4.32. The monoisotopic (exact) mass is 381 g/mol. The summed E-state index contributed by atoms with van der Waals surface area (Å²) in [7, 11) is -2.73. The summed E-state index contributed by atoms with van der Waals surface area (Å²) in [4.78, 5) is 11.9. The molecule has 0 aromatic heterocycles. The highest BCUT2D eigenvalue weighted by molar-refractivity contribution is 7.92. The van der Waals surface area contributed by atoms with E-state index in [4.69, 9.17) is 11.6 Å². The minimum Gasteiger partial charge on any atom is -0.468 e. The lowest BCUT2D eigenvalue weighted by molar-refractivity contribution is -0.138. The fourth-order valence-corrected chi connectivity index (χ4v) is 3.98. The summed E-state index contributed by atoms with van der Waals surface area (Å²) in [5.41, 5.74) is 1.28. The van der Waals surface area contributed by atoms with Gasteiger partial charge in [0.1, 0.15) is 6.54 Å². The number of nitrogens with zero attached hydrogens (tertiary/aromatic N) is 1. The number of rotatable bonds is 6. The van der Waals surface area contributed by atoms with Gasteiger partial charge in [0.2, 0.25) is 0 Å². The first kappa shape index (κ1) is 19.3. The van der Waals surface area contributed by atoms with Crippen molar-refractivity contribution in [3.63, 3.8) is 0 Å². The number of ether oxygens (including phenoxy) is 1. The number of para-hydroxylation sites is 1. The van der Waals surface area contributed by atoms with Crippen molar-refractivity contribution < 1.29 is 17.9 Å². The molecule has 2 rings (SSSR count). The molecular formula is C18H20ClNO4S. The Balaban J connectivity index is 2.61. The van der Waals surface area contributed by atoms with Gasteiger partial charge in [0, 0.05) is 5.02 Å². The molecule has 0 atom stereocenters. The maximum absolute atomic E-state index is 13.1. The molecule has 134 valence electrons. The average molecular weight is 382 g/mol. The summed E-state index contributed by atoms with van der Waals surface area (Å²) in [5.74, 6) is -0.562. The minimum absolute atomic E-state index is 0.0550. The van der Waals surface area contributed by atoms with Crippen LogP contribution in [0.2, 0.25) is 5.02 Å². The number of halogens is 1. The molecule has 0 spiro atoms. The molecule has 0 fully saturated rings. The van der Waals surface area contributed by atoms with E-state index in [1.165, 1.54) is 31.4 Å². The van der Waals surface area contributed by atoms with Crippen molar-refractivity contribution in [3.8, 4) is 0 Å². The standard InChI is InChI=1S/C18H20ClNO4S/c1-13(2)16-6-4-5-7-17(16)20(12-18(21)24-3)25(22,23)15-10-8-14(19)9-11-15/h4-11,13H,12H2,1-3H3. The van der Waals surface area contributed by atoms with Crippen LogP contribution in [0.1, 0.15) is 25.3 Å². The van der Waals surface area contributed by atoms with E-state index in [1.807, 2.05) is 26.0 Å². The molecule has 0 aliphatic carbocycles. The van der Waals surface area contributed by atoms with Crippen molar-refractivity contribution in [1.29, 1.82) is 0 Å². The Hall–Kier alpha value is -2.05. The van der Waals surface area contributed by atoms with E-state index in [0.717, 1.165) is 9.87 Å². The predicted molar refractivity (Wildman–Crippen MR) is 98.5 cm³/mol. The van der Waals surface area contributed by atoms with Crippen molar-refractivity contribution in [3.05, 3.63) is 59.1 Å². The summed E-state index contributed by atoms with van der Waals surface area (Å²) < 4.78 is 32.1. The highest BCUT2D eigenvalue weighted by Gasteiger charge is 2.29. The number of carbonyl (C=O) groups excluding carboxylic acids is 1. The van der Waals surface area contributed by atoms with E-state index in [2.05, 4.69) is 4.74 Å². The van der Waals surface area contributed by atoms with Crippen LogP contribution < -0.4 is 4.31 Å². The fraction of sp³-hybridized carbons (Fsp3) is 0.278. The van der Waals surface area contributed by atoms with E-state index in [9.17, 15) is 13.2 Å². The number of methoxy groups -OCH3 is 1. The largest absolute Gasteiger partial charge is 0.468 e. The van der Waals surface area contributed by atoms with Gasteiger partial charge in [0.15, 0.2) is 0 Å². The first-order chi connectivity index (χ1) is 11.8. The van der Waals surface area contributed by atoms with Crippen molar-refractivity contribution in [2.45, 2.75) is 24.7 Å². The van der Waals surface area contributed by atoms with Gasteiger partial charge in [-0.1, -0.05) is 43.6 Å². The molecule has 0 aliphatic heterocycles. The van der Waals surface area contributed by atoms with Crippen LogP contribution in [-0.2, 0) is 19.6 Å². The summed E-state index contributed by atoms with van der Waals surface area (Å²) in [6.07, 6.45) is 0. The van der Waals surface area contributed by atoms with E-state index in [0.29, 0.717) is 10.7 Å². The van der Waals surface area contributed by atoms with Gasteiger partial charge in [-0.2, -0.15) is 0 Å². The summed E-state index contributed by atoms with van der Waals surface area (Å²) >= 11 is 5.85. The average Bonchev–Trinajstić information content (AvgIpc) is 2.59. The molecule has 0 aliphatic rings. The molecule has 0 bridgehead atoms. The van der Waals surface area contributed by atoms with Crippen LogP contribution >= 0.6 is 11.6 Å². The number of hydrogen-bond acceptors (Lipinski definition) is 4. The number of hydrogen-bond donors (Lipinski definition) is 0. The topological polar surface area (TPSA) is 63.7 Å². The Morgan fingerprint density at radius 1 is 1.12 bits per heavy atom. The molecular weight excluding hydrogens is 362 g/mol. The van der Waals surface area contributed by atoms with Gasteiger partial charge < -0.3 is 4.74 Å². The van der Waals surface area contributed by atoms with Gasteiger partial charge in [-0.3, -0.25) is 9.10 Å². The number of sulfonamides is 1. The maximum atomic E-state index is 13.1. The molecule has 0 amide bonds. The molecule has 2 aromatic carbocycles. The molecule has 2 aromatic rings. The molecule has 0 saturated carbocycles. The minimum atomic E-state index is -3.96. The smallest absolute Gasteiger partial charge is 0.326 e. The van der Waals surface area contributed by atoms with Crippen LogP contribution in [0.3, 0.4) is 0 Å². The van der Waals surface area contributed by atoms with Crippen LogP contribution in [0, 0.1) is 0 Å². The third-order valence-corrected chi connectivity index (χ3v) is 5.76. The molecule has 0 radical (unpaired) electrons. The first-order valence-corrected chi connectivity index (χ1v) is 9.53. The Bertz CT molecular complexity index is 848. The fourth-order valence-electron chi connectivity index (χ4n) is 2.42. The lowest BCUT2D eigenvalue weighted by atomic mass is 10.0. The zero-order valence-corrected chi connectivity index (χ0v) is 15.8. The lowest BCUT2D eigenvalue weighted by Gasteiger charge is -2.26. The van der Waals surface area contributed by atoms with Gasteiger partial charge in [0.05, 0.1) is 17.7 Å². The number of anilines is 1. The van der Waals surface area contributed by atoms with Crippen LogP contribution in [-0.4, -0.2) is 28.0 Å². The van der Waals surface area contributed by atoms with E-state index < -0.39 is 22.5 Å². The van der Waals surface area contributed by atoms with Crippen molar-refractivity contribution in [2.75, 3.05) is 18.0 Å². The lowest BCUT2D eigenvalue weighted by Crippen LogP contribution is -2.37. The molecule has 0 unspecified atom stereocenters. The summed E-state index contributed by atoms with van der Waals surface area (Å²) in [5, 5.41) is 0.432. The highest BCUT2D eigenvalue weighted by Crippen LogP contribution is 2.31. The van der Waals surface area contributed by atoms with E-state index in [-0.39, 0.29) is 10.8 Å². The Labute approximate surface area is 153 Å². The van der Waals surface area contributed by atoms with Gasteiger partial charge in [-0.25, -0.2) is 8.42 Å². The van der Waals surface area contributed by atoms with Gasteiger partial charge in [-0.15, -0.1) is 0 Å². The highest BCUT2D eigenvalue weighted by atomic mass is 35.5. The molecule has 0 N–H and O–H groups in total. The predicted octanol–water partition coefficient (Wildman–Crippen LogP) is 3.83. The van der Waals surface area contributed by atoms with E-state index >= 15 is 0 Å². The summed E-state index contributed by atoms with van der Waals surface area (Å²) in [6, 6.07) is 12.9. The number of carbonyl (C=O) groups is 1. The van der Waals surface area contributed by atoms with Crippen LogP contribution in [0.4, 0.5) is 5.69 Å². The van der Waals surface area contributed by atoms with Gasteiger partial charge in [0.25, 0.3) is 10.0 Å². The first-order valence-electron chi connectivity index (χ1n) is 7.71. The Morgan fingerprint density at radius 2 is 1.72 bits per heavy atom. The molecule has 25 heavy (non-hydrogen) atoms. The molecule has 5 nitrogen and oxygen atoms in total. The normalized spacial score (nSPS) is 11.4. The van der Waals surface area contributed by atoms with E-state index in [1.54, 1.807) is 12.1 Å². The quantitative estimate of drug-likeness (QED) is 0.713. The van der Waals surface area contributed by atoms with Crippen molar-refractivity contribution in [2.24, 2.45) is 0 Å². The van der Waals surface area contributed by atoms with Crippen LogP contribution in [0.15, 0.2) is 53.4 Å². The second-order valence-corrected chi connectivity index (χ2v) is 8.05. The number of benzene rings is 2. The van der Waals surface area contributed by atoms with Gasteiger partial charge in [-0.05, 0) is 41.8 Å². The van der Waals surface area contributed by atoms with Crippen molar-refractivity contribution in [1.82, 2.24) is 0 Å². The molecule has 0 saturated heterocycles. The number of esters is 1. The zero-order valence-electron chi connectivity index (χ0n) is 14.3. The Kier molecular flexibility index (Phi) is 6.08. The molecule has 7 heteroatoms. The van der Waals surface area contributed by atoms with Crippen LogP contribution in [0.5, 0.6) is 0 Å². The maximum Gasteiger partial charge on any atom is 0.326 e. The second kappa shape index (κ2) is 7.89. The summed E-state index contributed by atoms with van der Waals surface area (Å²) in [6.45, 7) is 3.51. The van der Waals surface area contributed by atoms with Crippen LogP contribution in [0.25, 0.3) is 0 Å². The molecule has 0 heterocycles. The van der Waals surface area contributed by atoms with Crippen molar-refractivity contribution >= 4 is 33.3 Å².